The number of aromatic nitrogens is 1. The van der Waals surface area contributed by atoms with Crippen LogP contribution in [0.5, 0.6) is 0 Å². The molecule has 1 aromatic heterocycles. The van der Waals surface area contributed by atoms with Crippen LogP contribution in [0.15, 0.2) is 66.7 Å². The molecule has 0 saturated heterocycles. The summed E-state index contributed by atoms with van der Waals surface area (Å²) in [5, 5.41) is 3.55. The molecule has 4 heteroatoms. The van der Waals surface area contributed by atoms with Crippen molar-refractivity contribution < 1.29 is 4.79 Å². The van der Waals surface area contributed by atoms with Crippen LogP contribution < -0.4 is 5.32 Å². The number of carbonyl (C=O) groups is 1. The van der Waals surface area contributed by atoms with Crippen molar-refractivity contribution in [1.82, 2.24) is 4.98 Å². The van der Waals surface area contributed by atoms with Gasteiger partial charge in [0.25, 0.3) is 5.91 Å². The summed E-state index contributed by atoms with van der Waals surface area (Å²) in [4.78, 5) is 17.1. The molecule has 0 atom stereocenters. The van der Waals surface area contributed by atoms with Crippen molar-refractivity contribution in [3.63, 3.8) is 0 Å². The predicted octanol–water partition coefficient (Wildman–Crippen LogP) is 5.83. The molecular weight excluding hydrogens is 340 g/mol. The number of nitrogens with zero attached hydrogens (tertiary/aromatic N) is 1. The van der Waals surface area contributed by atoms with Gasteiger partial charge in [0.15, 0.2) is 5.13 Å². The molecule has 1 heterocycles. The number of nitrogens with one attached hydrogen (secondary N) is 1. The number of fused-ring (bicyclic) bond motifs is 1. The third kappa shape index (κ3) is 3.11. The summed E-state index contributed by atoms with van der Waals surface area (Å²) in [5.41, 5.74) is 6.18. The van der Waals surface area contributed by atoms with E-state index in [1.54, 1.807) is 0 Å². The van der Waals surface area contributed by atoms with Gasteiger partial charge in [-0.1, -0.05) is 59.9 Å². The standard InChI is InChI=1S/C22H18N2OS/c1-14-8-13-19-20(15(14)2)23-22(26-19)24-21(25)18-11-9-17(10-12-18)16-6-4-3-5-7-16/h3-13H,1-2H3,(H,23,24,25). The Kier molecular flexibility index (Phi) is 4.27. The SMILES string of the molecule is Cc1ccc2sc(NC(=O)c3ccc(-c4ccccc4)cc3)nc2c1C. The van der Waals surface area contributed by atoms with Gasteiger partial charge in [0.1, 0.15) is 0 Å². The molecule has 0 spiro atoms. The van der Waals surface area contributed by atoms with Gasteiger partial charge in [0.2, 0.25) is 0 Å². The highest BCUT2D eigenvalue weighted by Crippen LogP contribution is 2.30. The first-order chi connectivity index (χ1) is 12.6. The lowest BCUT2D eigenvalue weighted by Crippen LogP contribution is -2.11. The second-order valence-electron chi connectivity index (χ2n) is 6.27. The van der Waals surface area contributed by atoms with Crippen LogP contribution in [0.1, 0.15) is 21.5 Å². The van der Waals surface area contributed by atoms with Crippen LogP contribution in [0.2, 0.25) is 0 Å². The van der Waals surface area contributed by atoms with E-state index in [9.17, 15) is 4.79 Å². The summed E-state index contributed by atoms with van der Waals surface area (Å²) >= 11 is 1.50. The van der Waals surface area contributed by atoms with Crippen LogP contribution in [-0.2, 0) is 0 Å². The fraction of sp³-hybridized carbons (Fsp3) is 0.0909. The van der Waals surface area contributed by atoms with Crippen LogP contribution >= 0.6 is 11.3 Å². The molecule has 128 valence electrons. The largest absolute Gasteiger partial charge is 0.298 e. The third-order valence-electron chi connectivity index (χ3n) is 4.56. The van der Waals surface area contributed by atoms with Crippen molar-refractivity contribution in [2.75, 3.05) is 5.32 Å². The van der Waals surface area contributed by atoms with Gasteiger partial charge in [0, 0.05) is 5.56 Å². The zero-order valence-corrected chi connectivity index (χ0v) is 15.4. The molecule has 3 nitrogen and oxygen atoms in total. The predicted molar refractivity (Wildman–Crippen MR) is 109 cm³/mol. The summed E-state index contributed by atoms with van der Waals surface area (Å²) in [7, 11) is 0. The highest BCUT2D eigenvalue weighted by Gasteiger charge is 2.12. The van der Waals surface area contributed by atoms with Gasteiger partial charge in [-0.3, -0.25) is 10.1 Å². The number of carbonyl (C=O) groups excluding carboxylic acids is 1. The van der Waals surface area contributed by atoms with Crippen LogP contribution in [-0.4, -0.2) is 10.9 Å². The smallest absolute Gasteiger partial charge is 0.257 e. The third-order valence-corrected chi connectivity index (χ3v) is 5.50. The lowest BCUT2D eigenvalue weighted by Gasteiger charge is -2.04. The molecule has 0 saturated carbocycles. The van der Waals surface area contributed by atoms with Gasteiger partial charge < -0.3 is 0 Å². The normalized spacial score (nSPS) is 10.8. The molecule has 0 aliphatic rings. The molecular formula is C22H18N2OS. The highest BCUT2D eigenvalue weighted by molar-refractivity contribution is 7.22. The van der Waals surface area contributed by atoms with Gasteiger partial charge in [-0.25, -0.2) is 4.98 Å². The summed E-state index contributed by atoms with van der Waals surface area (Å²) in [6.45, 7) is 4.13. The first-order valence-electron chi connectivity index (χ1n) is 8.45. The van der Waals surface area contributed by atoms with Crippen molar-refractivity contribution >= 4 is 32.6 Å². The molecule has 1 amide bonds. The first kappa shape index (κ1) is 16.5. The number of aryl methyl sites for hydroxylation is 2. The number of amides is 1. The van der Waals surface area contributed by atoms with E-state index in [1.807, 2.05) is 42.5 Å². The van der Waals surface area contributed by atoms with Gasteiger partial charge >= 0.3 is 0 Å². The van der Waals surface area contributed by atoms with Crippen LogP contribution in [0.3, 0.4) is 0 Å². The maximum atomic E-state index is 12.5. The fourth-order valence-corrected chi connectivity index (χ4v) is 3.81. The Labute approximate surface area is 156 Å². The Morgan fingerprint density at radius 1 is 0.885 bits per heavy atom. The molecule has 0 unspecified atom stereocenters. The fourth-order valence-electron chi connectivity index (χ4n) is 2.89. The Morgan fingerprint density at radius 2 is 1.58 bits per heavy atom. The molecule has 0 radical (unpaired) electrons. The summed E-state index contributed by atoms with van der Waals surface area (Å²) in [6, 6.07) is 21.9. The second-order valence-corrected chi connectivity index (χ2v) is 7.30. The quantitative estimate of drug-likeness (QED) is 0.500. The summed E-state index contributed by atoms with van der Waals surface area (Å²) < 4.78 is 1.09. The van der Waals surface area contributed by atoms with Crippen LogP contribution in [0.25, 0.3) is 21.3 Å². The minimum Gasteiger partial charge on any atom is -0.298 e. The zero-order chi connectivity index (χ0) is 18.1. The van der Waals surface area contributed by atoms with E-state index >= 15 is 0 Å². The number of hydrogen-bond acceptors (Lipinski definition) is 3. The van der Waals surface area contributed by atoms with Crippen molar-refractivity contribution in [2.24, 2.45) is 0 Å². The number of rotatable bonds is 3. The number of anilines is 1. The summed E-state index contributed by atoms with van der Waals surface area (Å²) in [6.07, 6.45) is 0. The summed E-state index contributed by atoms with van der Waals surface area (Å²) in [5.74, 6) is -0.141. The van der Waals surface area contributed by atoms with E-state index in [4.69, 9.17) is 0 Å². The van der Waals surface area contributed by atoms with E-state index < -0.39 is 0 Å². The topological polar surface area (TPSA) is 42.0 Å². The molecule has 1 N–H and O–H groups in total. The van der Waals surface area contributed by atoms with E-state index in [2.05, 4.69) is 48.4 Å². The first-order valence-corrected chi connectivity index (χ1v) is 9.27. The molecule has 4 rings (SSSR count). The number of benzene rings is 3. The minimum atomic E-state index is -0.141. The molecule has 3 aromatic carbocycles. The highest BCUT2D eigenvalue weighted by atomic mass is 32.1. The van der Waals surface area contributed by atoms with E-state index in [1.165, 1.54) is 16.9 Å². The number of thiazole rings is 1. The average molecular weight is 358 g/mol. The number of hydrogen-bond donors (Lipinski definition) is 1. The Hall–Kier alpha value is -2.98. The Morgan fingerprint density at radius 3 is 2.31 bits per heavy atom. The molecule has 26 heavy (non-hydrogen) atoms. The van der Waals surface area contributed by atoms with Crippen molar-refractivity contribution in [3.05, 3.63) is 83.4 Å². The molecule has 0 bridgehead atoms. The Balaban J connectivity index is 1.56. The molecule has 0 fully saturated rings. The average Bonchev–Trinajstić information content (AvgIpc) is 3.09. The maximum Gasteiger partial charge on any atom is 0.257 e. The van der Waals surface area contributed by atoms with Crippen molar-refractivity contribution in [3.8, 4) is 11.1 Å². The molecule has 0 aliphatic heterocycles. The van der Waals surface area contributed by atoms with Gasteiger partial charge in [-0.15, -0.1) is 0 Å². The molecule has 4 aromatic rings. The van der Waals surface area contributed by atoms with Crippen LogP contribution in [0, 0.1) is 13.8 Å². The van der Waals surface area contributed by atoms with Gasteiger partial charge in [-0.2, -0.15) is 0 Å². The maximum absolute atomic E-state index is 12.5. The minimum absolute atomic E-state index is 0.141. The zero-order valence-electron chi connectivity index (χ0n) is 14.6. The van der Waals surface area contributed by atoms with Crippen molar-refractivity contribution in [2.45, 2.75) is 13.8 Å². The lowest BCUT2D eigenvalue weighted by molar-refractivity contribution is 0.102. The lowest BCUT2D eigenvalue weighted by atomic mass is 10.0. The van der Waals surface area contributed by atoms with Gasteiger partial charge in [0.05, 0.1) is 10.2 Å². The van der Waals surface area contributed by atoms with E-state index in [0.717, 1.165) is 26.9 Å². The Bertz CT molecular complexity index is 1080. The van der Waals surface area contributed by atoms with Gasteiger partial charge in [-0.05, 0) is 54.3 Å². The van der Waals surface area contributed by atoms with Crippen molar-refractivity contribution in [1.29, 1.82) is 0 Å². The van der Waals surface area contributed by atoms with E-state index in [0.29, 0.717) is 10.7 Å². The monoisotopic (exact) mass is 358 g/mol. The molecule has 0 aliphatic carbocycles. The second kappa shape index (κ2) is 6.73. The van der Waals surface area contributed by atoms with E-state index in [-0.39, 0.29) is 5.91 Å². The van der Waals surface area contributed by atoms with Crippen LogP contribution in [0.4, 0.5) is 5.13 Å².